The second-order valence-electron chi connectivity index (χ2n) is 5.05. The Morgan fingerprint density at radius 1 is 1.44 bits per heavy atom. The molecule has 1 heterocycles. The maximum absolute atomic E-state index is 5.50. The fraction of sp³-hybridized carbons (Fsp3) is 0.909. The molecule has 16 heavy (non-hydrogen) atoms. The van der Waals surface area contributed by atoms with Crippen LogP contribution >= 0.6 is 0 Å². The summed E-state index contributed by atoms with van der Waals surface area (Å²) in [5.41, 5.74) is 2.64. The standard InChI is InChI=1S/C11H22N4O/c1-11(6-7-16-8-11)14-10(15-12)13-9-4-2-3-5-9/h9H,2-8,12H2,1H3,(H2,13,14,15). The second-order valence-corrected chi connectivity index (χ2v) is 5.05. The lowest BCUT2D eigenvalue weighted by molar-refractivity contribution is 0.177. The summed E-state index contributed by atoms with van der Waals surface area (Å²) >= 11 is 0. The van der Waals surface area contributed by atoms with Crippen LogP contribution in [0, 0.1) is 0 Å². The summed E-state index contributed by atoms with van der Waals surface area (Å²) in [6.07, 6.45) is 5.93. The van der Waals surface area contributed by atoms with Crippen LogP contribution in [0.15, 0.2) is 4.99 Å². The Balaban J connectivity index is 1.93. The minimum atomic E-state index is -0.0240. The SMILES string of the molecule is CC1(NC(=NC2CCCC2)NN)CCOC1. The maximum Gasteiger partial charge on any atom is 0.206 e. The molecule has 0 aromatic carbocycles. The minimum Gasteiger partial charge on any atom is -0.379 e. The first-order valence-corrected chi connectivity index (χ1v) is 6.12. The molecule has 0 amide bonds. The zero-order chi connectivity index (χ0) is 11.4. The molecule has 2 fully saturated rings. The Kier molecular flexibility index (Phi) is 3.66. The lowest BCUT2D eigenvalue weighted by Crippen LogP contribution is -2.53. The van der Waals surface area contributed by atoms with Crippen molar-refractivity contribution in [1.82, 2.24) is 10.7 Å². The van der Waals surface area contributed by atoms with Crippen LogP contribution in [0.4, 0.5) is 0 Å². The second kappa shape index (κ2) is 5.01. The number of hydrogen-bond acceptors (Lipinski definition) is 3. The van der Waals surface area contributed by atoms with Crippen molar-refractivity contribution in [2.45, 2.75) is 50.6 Å². The molecule has 1 aliphatic carbocycles. The average molecular weight is 226 g/mol. The number of hydrogen-bond donors (Lipinski definition) is 3. The molecular weight excluding hydrogens is 204 g/mol. The van der Waals surface area contributed by atoms with Gasteiger partial charge in [0, 0.05) is 6.61 Å². The summed E-state index contributed by atoms with van der Waals surface area (Å²) in [5, 5.41) is 3.36. The zero-order valence-electron chi connectivity index (χ0n) is 9.96. The van der Waals surface area contributed by atoms with E-state index in [4.69, 9.17) is 10.6 Å². The fourth-order valence-electron chi connectivity index (χ4n) is 2.37. The molecule has 5 nitrogen and oxygen atoms in total. The number of ether oxygens (including phenoxy) is 1. The van der Waals surface area contributed by atoms with Crippen LogP contribution in [0.1, 0.15) is 39.0 Å². The van der Waals surface area contributed by atoms with E-state index in [1.54, 1.807) is 0 Å². The minimum absolute atomic E-state index is 0.0240. The first-order valence-electron chi connectivity index (χ1n) is 6.12. The normalized spacial score (nSPS) is 32.0. The lowest BCUT2D eigenvalue weighted by atomic mass is 10.0. The van der Waals surface area contributed by atoms with Crippen molar-refractivity contribution in [3.63, 3.8) is 0 Å². The van der Waals surface area contributed by atoms with Crippen molar-refractivity contribution in [3.8, 4) is 0 Å². The molecule has 0 radical (unpaired) electrons. The fourth-order valence-corrected chi connectivity index (χ4v) is 2.37. The third-order valence-corrected chi connectivity index (χ3v) is 3.41. The number of guanidine groups is 1. The lowest BCUT2D eigenvalue weighted by Gasteiger charge is -2.26. The molecule has 1 saturated heterocycles. The molecular formula is C11H22N4O. The largest absolute Gasteiger partial charge is 0.379 e. The van der Waals surface area contributed by atoms with Crippen molar-refractivity contribution in [2.24, 2.45) is 10.8 Å². The van der Waals surface area contributed by atoms with Gasteiger partial charge in [0.25, 0.3) is 0 Å². The van der Waals surface area contributed by atoms with E-state index in [2.05, 4.69) is 22.7 Å². The van der Waals surface area contributed by atoms with Crippen molar-refractivity contribution < 1.29 is 4.74 Å². The van der Waals surface area contributed by atoms with Crippen LogP contribution in [0.25, 0.3) is 0 Å². The number of hydrazine groups is 1. The molecule has 0 spiro atoms. The van der Waals surface area contributed by atoms with Gasteiger partial charge in [-0.1, -0.05) is 12.8 Å². The number of nitrogens with two attached hydrogens (primary N) is 1. The van der Waals surface area contributed by atoms with Crippen molar-refractivity contribution in [3.05, 3.63) is 0 Å². The molecule has 1 unspecified atom stereocenters. The van der Waals surface area contributed by atoms with E-state index in [9.17, 15) is 0 Å². The highest BCUT2D eigenvalue weighted by molar-refractivity contribution is 5.80. The number of rotatable bonds is 2. The average Bonchev–Trinajstić information content (AvgIpc) is 2.89. The highest BCUT2D eigenvalue weighted by Crippen LogP contribution is 2.21. The van der Waals surface area contributed by atoms with Gasteiger partial charge in [0.2, 0.25) is 5.96 Å². The summed E-state index contributed by atoms with van der Waals surface area (Å²) in [6.45, 7) is 3.67. The van der Waals surface area contributed by atoms with Gasteiger partial charge >= 0.3 is 0 Å². The van der Waals surface area contributed by atoms with E-state index < -0.39 is 0 Å². The quantitative estimate of drug-likeness (QED) is 0.278. The van der Waals surface area contributed by atoms with E-state index in [1.165, 1.54) is 25.7 Å². The molecule has 92 valence electrons. The smallest absolute Gasteiger partial charge is 0.206 e. The van der Waals surface area contributed by atoms with E-state index >= 15 is 0 Å². The number of nitrogens with zero attached hydrogens (tertiary/aromatic N) is 1. The van der Waals surface area contributed by atoms with Crippen LogP contribution in [-0.4, -0.2) is 30.8 Å². The van der Waals surface area contributed by atoms with Gasteiger partial charge < -0.3 is 10.1 Å². The molecule has 5 heteroatoms. The summed E-state index contributed by atoms with van der Waals surface area (Å²) in [5.74, 6) is 6.21. The third kappa shape index (κ3) is 2.86. The number of nitrogens with one attached hydrogen (secondary N) is 2. The predicted octanol–water partition coefficient (Wildman–Crippen LogP) is 0.517. The maximum atomic E-state index is 5.50. The Hall–Kier alpha value is -0.810. The van der Waals surface area contributed by atoms with E-state index in [-0.39, 0.29) is 5.54 Å². The van der Waals surface area contributed by atoms with Crippen LogP contribution in [0.2, 0.25) is 0 Å². The summed E-state index contributed by atoms with van der Waals surface area (Å²) < 4.78 is 5.39. The van der Waals surface area contributed by atoms with Crippen LogP contribution in [0.3, 0.4) is 0 Å². The molecule has 0 aromatic heterocycles. The van der Waals surface area contributed by atoms with Crippen LogP contribution < -0.4 is 16.6 Å². The van der Waals surface area contributed by atoms with Gasteiger partial charge in [0.1, 0.15) is 0 Å². The van der Waals surface area contributed by atoms with Gasteiger partial charge in [0.15, 0.2) is 0 Å². The van der Waals surface area contributed by atoms with Gasteiger partial charge in [0.05, 0.1) is 18.2 Å². The number of aliphatic imine (C=N–C) groups is 1. The first-order chi connectivity index (χ1) is 7.72. The Morgan fingerprint density at radius 2 is 2.19 bits per heavy atom. The molecule has 1 atom stereocenters. The summed E-state index contributed by atoms with van der Waals surface area (Å²) in [7, 11) is 0. The van der Waals surface area contributed by atoms with Crippen molar-refractivity contribution in [1.29, 1.82) is 0 Å². The molecule has 0 aromatic rings. The van der Waals surface area contributed by atoms with Crippen LogP contribution in [-0.2, 0) is 4.74 Å². The molecule has 4 N–H and O–H groups in total. The van der Waals surface area contributed by atoms with Gasteiger partial charge in [-0.2, -0.15) is 0 Å². The van der Waals surface area contributed by atoms with Gasteiger partial charge in [-0.15, -0.1) is 0 Å². The first kappa shape index (κ1) is 11.7. The van der Waals surface area contributed by atoms with Gasteiger partial charge in [-0.25, -0.2) is 10.8 Å². The topological polar surface area (TPSA) is 71.7 Å². The van der Waals surface area contributed by atoms with Gasteiger partial charge in [-0.3, -0.25) is 5.43 Å². The molecule has 2 aliphatic rings. The van der Waals surface area contributed by atoms with E-state index in [1.807, 2.05) is 0 Å². The predicted molar refractivity (Wildman–Crippen MR) is 64.0 cm³/mol. The molecule has 1 saturated carbocycles. The third-order valence-electron chi connectivity index (χ3n) is 3.41. The van der Waals surface area contributed by atoms with Crippen LogP contribution in [0.5, 0.6) is 0 Å². The van der Waals surface area contributed by atoms with E-state index in [0.29, 0.717) is 12.0 Å². The summed E-state index contributed by atoms with van der Waals surface area (Å²) in [4.78, 5) is 4.62. The molecule has 1 aliphatic heterocycles. The monoisotopic (exact) mass is 226 g/mol. The summed E-state index contributed by atoms with van der Waals surface area (Å²) in [6, 6.07) is 0.435. The highest BCUT2D eigenvalue weighted by atomic mass is 16.5. The Morgan fingerprint density at radius 3 is 2.75 bits per heavy atom. The Labute approximate surface area is 96.8 Å². The molecule has 2 rings (SSSR count). The zero-order valence-corrected chi connectivity index (χ0v) is 9.96. The highest BCUT2D eigenvalue weighted by Gasteiger charge is 2.30. The van der Waals surface area contributed by atoms with Crippen molar-refractivity contribution in [2.75, 3.05) is 13.2 Å². The van der Waals surface area contributed by atoms with Crippen molar-refractivity contribution >= 4 is 5.96 Å². The molecule has 0 bridgehead atoms. The van der Waals surface area contributed by atoms with Gasteiger partial charge in [-0.05, 0) is 26.2 Å². The Bertz CT molecular complexity index is 255. The van der Waals surface area contributed by atoms with E-state index in [0.717, 1.165) is 19.6 Å².